The molecule has 0 radical (unpaired) electrons. The molecule has 0 aliphatic rings. The number of hydrogen-bond donors (Lipinski definition) is 1. The summed E-state index contributed by atoms with van der Waals surface area (Å²) >= 11 is 6.40. The van der Waals surface area contributed by atoms with Gasteiger partial charge >= 0.3 is 0 Å². The smallest absolute Gasteiger partial charge is 0.273 e. The van der Waals surface area contributed by atoms with Crippen LogP contribution in [-0.2, 0) is 10.0 Å². The third-order valence-electron chi connectivity index (χ3n) is 2.15. The molecule has 1 aromatic carbocycles. The predicted octanol–water partition coefficient (Wildman–Crippen LogP) is 3.04. The zero-order chi connectivity index (χ0) is 13.3. The van der Waals surface area contributed by atoms with E-state index in [2.05, 4.69) is 9.71 Å². The number of aromatic nitrogens is 1. The minimum absolute atomic E-state index is 0.0199. The second-order valence-electron chi connectivity index (χ2n) is 3.50. The summed E-state index contributed by atoms with van der Waals surface area (Å²) in [6.45, 7) is 1.59. The highest BCUT2D eigenvalue weighted by molar-refractivity contribution is 7.94. The maximum Gasteiger partial charge on any atom is 0.273 e. The first-order chi connectivity index (χ1) is 8.38. The highest BCUT2D eigenvalue weighted by Gasteiger charge is 2.18. The average molecular weight is 307 g/mol. The molecule has 1 aromatic heterocycles. The summed E-state index contributed by atoms with van der Waals surface area (Å²) in [6.07, 6.45) is 1.15. The van der Waals surface area contributed by atoms with Gasteiger partial charge in [0.2, 0.25) is 0 Å². The summed E-state index contributed by atoms with van der Waals surface area (Å²) in [5.41, 5.74) is 0.599. The van der Waals surface area contributed by atoms with E-state index in [1.165, 1.54) is 12.1 Å². The van der Waals surface area contributed by atoms with E-state index in [0.29, 0.717) is 5.56 Å². The second-order valence-corrected chi connectivity index (χ2v) is 7.02. The van der Waals surface area contributed by atoms with E-state index in [1.54, 1.807) is 6.92 Å². The molecule has 0 saturated heterocycles. The molecule has 0 spiro atoms. The Bertz CT molecular complexity index is 685. The molecule has 8 heteroatoms. The summed E-state index contributed by atoms with van der Waals surface area (Å²) in [7, 11) is -3.77. The number of sulfonamides is 1. The van der Waals surface area contributed by atoms with Crippen molar-refractivity contribution in [3.63, 3.8) is 0 Å². The number of thiazole rings is 1. The van der Waals surface area contributed by atoms with Crippen molar-refractivity contribution in [1.82, 2.24) is 4.98 Å². The fraction of sp³-hybridized carbons (Fsp3) is 0.100. The monoisotopic (exact) mass is 306 g/mol. The highest BCUT2D eigenvalue weighted by Crippen LogP contribution is 2.25. The van der Waals surface area contributed by atoms with Crippen molar-refractivity contribution < 1.29 is 12.8 Å². The lowest BCUT2D eigenvalue weighted by molar-refractivity contribution is 0.602. The Morgan fingerprint density at radius 3 is 2.72 bits per heavy atom. The van der Waals surface area contributed by atoms with Crippen molar-refractivity contribution in [3.05, 3.63) is 40.2 Å². The first-order valence-corrected chi connectivity index (χ1v) is 7.46. The van der Waals surface area contributed by atoms with Gasteiger partial charge in [-0.1, -0.05) is 29.0 Å². The Hall–Kier alpha value is -1.18. The fourth-order valence-corrected chi connectivity index (χ4v) is 3.57. The highest BCUT2D eigenvalue weighted by atomic mass is 35.5. The van der Waals surface area contributed by atoms with E-state index in [4.69, 9.17) is 11.6 Å². The van der Waals surface area contributed by atoms with Gasteiger partial charge < -0.3 is 0 Å². The zero-order valence-corrected chi connectivity index (χ0v) is 11.5. The number of hydrogen-bond acceptors (Lipinski definition) is 4. The van der Waals surface area contributed by atoms with Gasteiger partial charge in [0, 0.05) is 0 Å². The molecule has 0 amide bonds. The van der Waals surface area contributed by atoms with Crippen molar-refractivity contribution >= 4 is 38.6 Å². The SMILES string of the molecule is Cc1ccc(NS(=O)(=O)c2cnc(Cl)s2)cc1F. The van der Waals surface area contributed by atoms with E-state index in [0.717, 1.165) is 23.6 Å². The number of anilines is 1. The maximum atomic E-state index is 13.3. The molecule has 4 nitrogen and oxygen atoms in total. The van der Waals surface area contributed by atoms with Crippen LogP contribution in [0.2, 0.25) is 4.47 Å². The average Bonchev–Trinajstić information content (AvgIpc) is 2.71. The van der Waals surface area contributed by atoms with E-state index in [-0.39, 0.29) is 14.4 Å². The normalized spacial score (nSPS) is 11.5. The van der Waals surface area contributed by atoms with Crippen LogP contribution in [0.3, 0.4) is 0 Å². The van der Waals surface area contributed by atoms with Crippen LogP contribution in [0.15, 0.2) is 28.6 Å². The summed E-state index contributed by atoms with van der Waals surface area (Å²) < 4.78 is 39.4. The number of rotatable bonds is 3. The first kappa shape index (κ1) is 13.3. The number of aryl methyl sites for hydroxylation is 1. The van der Waals surface area contributed by atoms with Gasteiger partial charge in [0.25, 0.3) is 10.0 Å². The maximum absolute atomic E-state index is 13.3. The molecule has 0 atom stereocenters. The van der Waals surface area contributed by atoms with Crippen LogP contribution in [0.5, 0.6) is 0 Å². The third kappa shape index (κ3) is 2.80. The number of benzene rings is 1. The Morgan fingerprint density at radius 2 is 2.17 bits per heavy atom. The summed E-state index contributed by atoms with van der Waals surface area (Å²) in [5, 5.41) is 0. The van der Waals surface area contributed by atoms with Crippen molar-refractivity contribution in [2.45, 2.75) is 11.1 Å². The van der Waals surface area contributed by atoms with Gasteiger partial charge in [0.05, 0.1) is 11.9 Å². The summed E-state index contributed by atoms with van der Waals surface area (Å²) in [5.74, 6) is -0.475. The predicted molar refractivity (Wildman–Crippen MR) is 69.1 cm³/mol. The lowest BCUT2D eigenvalue weighted by Gasteiger charge is -2.06. The van der Waals surface area contributed by atoms with E-state index >= 15 is 0 Å². The zero-order valence-electron chi connectivity index (χ0n) is 9.15. The minimum Gasteiger partial charge on any atom is -0.279 e. The molecular formula is C10H8ClFN2O2S2. The lowest BCUT2D eigenvalue weighted by Crippen LogP contribution is -2.11. The van der Waals surface area contributed by atoms with Crippen LogP contribution < -0.4 is 4.72 Å². The van der Waals surface area contributed by atoms with Gasteiger partial charge in [-0.05, 0) is 24.6 Å². The Morgan fingerprint density at radius 1 is 1.44 bits per heavy atom. The molecule has 0 aliphatic heterocycles. The Balaban J connectivity index is 2.30. The summed E-state index contributed by atoms with van der Waals surface area (Å²) in [6, 6.07) is 4.10. The van der Waals surface area contributed by atoms with Crippen LogP contribution in [-0.4, -0.2) is 13.4 Å². The topological polar surface area (TPSA) is 59.1 Å². The van der Waals surface area contributed by atoms with Gasteiger partial charge in [-0.15, -0.1) is 0 Å². The first-order valence-electron chi connectivity index (χ1n) is 4.79. The van der Waals surface area contributed by atoms with Gasteiger partial charge in [-0.2, -0.15) is 0 Å². The molecule has 0 aliphatic carbocycles. The number of nitrogens with zero attached hydrogens (tertiary/aromatic N) is 1. The van der Waals surface area contributed by atoms with Gasteiger partial charge in [-0.3, -0.25) is 4.72 Å². The fourth-order valence-electron chi connectivity index (χ4n) is 1.23. The Kier molecular flexibility index (Phi) is 3.56. The van der Waals surface area contributed by atoms with Crippen molar-refractivity contribution in [2.24, 2.45) is 0 Å². The van der Waals surface area contributed by atoms with Crippen molar-refractivity contribution in [1.29, 1.82) is 0 Å². The molecule has 96 valence electrons. The van der Waals surface area contributed by atoms with Crippen LogP contribution in [0.25, 0.3) is 0 Å². The summed E-state index contributed by atoms with van der Waals surface area (Å²) in [4.78, 5) is 3.65. The number of nitrogens with one attached hydrogen (secondary N) is 1. The molecule has 2 rings (SSSR count). The minimum atomic E-state index is -3.77. The molecule has 1 heterocycles. The molecule has 1 N–H and O–H groups in total. The van der Waals surface area contributed by atoms with E-state index in [1.807, 2.05) is 0 Å². The number of halogens is 2. The van der Waals surface area contributed by atoms with Crippen molar-refractivity contribution in [3.8, 4) is 0 Å². The lowest BCUT2D eigenvalue weighted by atomic mass is 10.2. The van der Waals surface area contributed by atoms with Crippen LogP contribution in [0.1, 0.15) is 5.56 Å². The van der Waals surface area contributed by atoms with Gasteiger partial charge in [-0.25, -0.2) is 17.8 Å². The van der Waals surface area contributed by atoms with Gasteiger partial charge in [0.1, 0.15) is 5.82 Å². The standard InChI is InChI=1S/C10H8ClFN2O2S2/c1-6-2-3-7(4-8(6)12)14-18(15,16)9-5-13-10(11)17-9/h2-5,14H,1H3. The quantitative estimate of drug-likeness (QED) is 0.948. The van der Waals surface area contributed by atoms with Crippen LogP contribution in [0, 0.1) is 12.7 Å². The molecule has 0 saturated carbocycles. The molecule has 0 unspecified atom stereocenters. The van der Waals surface area contributed by atoms with Gasteiger partial charge in [0.15, 0.2) is 8.68 Å². The Labute approximate surface area is 112 Å². The molecular weight excluding hydrogens is 299 g/mol. The third-order valence-corrected chi connectivity index (χ3v) is 5.10. The van der Waals surface area contributed by atoms with E-state index in [9.17, 15) is 12.8 Å². The molecule has 0 bridgehead atoms. The largest absolute Gasteiger partial charge is 0.279 e. The molecule has 2 aromatic rings. The second kappa shape index (κ2) is 4.83. The van der Waals surface area contributed by atoms with E-state index < -0.39 is 15.8 Å². The van der Waals surface area contributed by atoms with Crippen LogP contribution >= 0.6 is 22.9 Å². The van der Waals surface area contributed by atoms with Crippen molar-refractivity contribution in [2.75, 3.05) is 4.72 Å². The van der Waals surface area contributed by atoms with Crippen LogP contribution in [0.4, 0.5) is 10.1 Å². The molecule has 18 heavy (non-hydrogen) atoms. The molecule has 0 fully saturated rings.